The van der Waals surface area contributed by atoms with Crippen molar-refractivity contribution in [3.8, 4) is 0 Å². The highest BCUT2D eigenvalue weighted by atomic mass is 79.9. The van der Waals surface area contributed by atoms with Gasteiger partial charge in [0.1, 0.15) is 5.82 Å². The van der Waals surface area contributed by atoms with Crippen LogP contribution in [0.2, 0.25) is 0 Å². The maximum Gasteiger partial charge on any atom is 0.128 e. The van der Waals surface area contributed by atoms with Crippen LogP contribution in [0.5, 0.6) is 0 Å². The second-order valence-electron chi connectivity index (χ2n) is 3.49. The summed E-state index contributed by atoms with van der Waals surface area (Å²) in [7, 11) is 0. The van der Waals surface area contributed by atoms with Gasteiger partial charge in [-0.15, -0.1) is 0 Å². The molecule has 1 N–H and O–H groups in total. The second-order valence-corrected chi connectivity index (χ2v) is 4.41. The largest absolute Gasteiger partial charge is 0.378 e. The number of hydrogen-bond donors (Lipinski definition) is 1. The molecule has 0 radical (unpaired) electrons. The van der Waals surface area contributed by atoms with Gasteiger partial charge in [0.2, 0.25) is 0 Å². The van der Waals surface area contributed by atoms with Crippen molar-refractivity contribution in [3.63, 3.8) is 0 Å². The van der Waals surface area contributed by atoms with Crippen molar-refractivity contribution in [2.75, 3.05) is 5.32 Å². The standard InChI is InChI=1S/C12H14BrN3/c1-2-16-8-7-14-12(16)9-15-11-5-3-10(13)4-6-11/h3-8,15H,2,9H2,1H3. The van der Waals surface area contributed by atoms with E-state index >= 15 is 0 Å². The van der Waals surface area contributed by atoms with E-state index in [1.165, 1.54) is 0 Å². The molecule has 4 heteroatoms. The number of halogens is 1. The molecule has 0 saturated heterocycles. The van der Waals surface area contributed by atoms with Gasteiger partial charge >= 0.3 is 0 Å². The summed E-state index contributed by atoms with van der Waals surface area (Å²) in [5, 5.41) is 3.34. The van der Waals surface area contributed by atoms with Gasteiger partial charge in [-0.3, -0.25) is 0 Å². The third kappa shape index (κ3) is 2.64. The number of rotatable bonds is 4. The lowest BCUT2D eigenvalue weighted by Crippen LogP contribution is -2.07. The zero-order chi connectivity index (χ0) is 11.4. The first-order valence-corrected chi connectivity index (χ1v) is 6.08. The van der Waals surface area contributed by atoms with Crippen LogP contribution in [0.4, 0.5) is 5.69 Å². The summed E-state index contributed by atoms with van der Waals surface area (Å²) in [4.78, 5) is 4.31. The topological polar surface area (TPSA) is 29.9 Å². The van der Waals surface area contributed by atoms with Crippen LogP contribution in [0.25, 0.3) is 0 Å². The zero-order valence-electron chi connectivity index (χ0n) is 9.15. The maximum absolute atomic E-state index is 4.31. The molecule has 3 nitrogen and oxygen atoms in total. The van der Waals surface area contributed by atoms with Gasteiger partial charge in [-0.05, 0) is 31.2 Å². The van der Waals surface area contributed by atoms with E-state index < -0.39 is 0 Å². The molecule has 0 aliphatic rings. The molecule has 16 heavy (non-hydrogen) atoms. The van der Waals surface area contributed by atoms with E-state index in [2.05, 4.69) is 37.7 Å². The van der Waals surface area contributed by atoms with E-state index in [-0.39, 0.29) is 0 Å². The highest BCUT2D eigenvalue weighted by molar-refractivity contribution is 9.10. The van der Waals surface area contributed by atoms with Crippen LogP contribution in [0.15, 0.2) is 41.1 Å². The van der Waals surface area contributed by atoms with Crippen molar-refractivity contribution < 1.29 is 0 Å². The van der Waals surface area contributed by atoms with E-state index in [4.69, 9.17) is 0 Å². The molecule has 0 amide bonds. The predicted octanol–water partition coefficient (Wildman–Crippen LogP) is 3.28. The highest BCUT2D eigenvalue weighted by Gasteiger charge is 2.00. The molecule has 0 saturated carbocycles. The number of aromatic nitrogens is 2. The van der Waals surface area contributed by atoms with Crippen molar-refractivity contribution in [1.29, 1.82) is 0 Å². The molecule has 2 rings (SSSR count). The summed E-state index contributed by atoms with van der Waals surface area (Å²) >= 11 is 3.41. The van der Waals surface area contributed by atoms with Gasteiger partial charge in [0, 0.05) is 29.1 Å². The summed E-state index contributed by atoms with van der Waals surface area (Å²) in [5.41, 5.74) is 1.11. The minimum atomic E-state index is 0.752. The van der Waals surface area contributed by atoms with Crippen LogP contribution in [0.3, 0.4) is 0 Å². The Kier molecular flexibility index (Phi) is 3.62. The Balaban J connectivity index is 1.99. The molecule has 0 aliphatic heterocycles. The normalized spacial score (nSPS) is 10.4. The van der Waals surface area contributed by atoms with Crippen molar-refractivity contribution in [1.82, 2.24) is 9.55 Å². The average molecular weight is 280 g/mol. The summed E-state index contributed by atoms with van der Waals surface area (Å²) in [5.74, 6) is 1.06. The minimum absolute atomic E-state index is 0.752. The van der Waals surface area contributed by atoms with Gasteiger partial charge in [-0.2, -0.15) is 0 Å². The predicted molar refractivity (Wildman–Crippen MR) is 69.4 cm³/mol. The van der Waals surface area contributed by atoms with Crippen LogP contribution >= 0.6 is 15.9 Å². The quantitative estimate of drug-likeness (QED) is 0.931. The van der Waals surface area contributed by atoms with Gasteiger partial charge < -0.3 is 9.88 Å². The number of aryl methyl sites for hydroxylation is 1. The molecule has 0 atom stereocenters. The lowest BCUT2D eigenvalue weighted by Gasteiger charge is -2.07. The number of imidazole rings is 1. The Bertz CT molecular complexity index is 448. The molecule has 1 aromatic carbocycles. The lowest BCUT2D eigenvalue weighted by molar-refractivity contribution is 0.708. The van der Waals surface area contributed by atoms with Crippen LogP contribution in [-0.2, 0) is 13.1 Å². The van der Waals surface area contributed by atoms with Crippen molar-refractivity contribution >= 4 is 21.6 Å². The number of nitrogens with zero attached hydrogens (tertiary/aromatic N) is 2. The molecule has 0 spiro atoms. The molecule has 0 bridgehead atoms. The molecule has 0 unspecified atom stereocenters. The van der Waals surface area contributed by atoms with E-state index in [0.29, 0.717) is 0 Å². The average Bonchev–Trinajstić information content (AvgIpc) is 2.76. The number of benzene rings is 1. The summed E-state index contributed by atoms with van der Waals surface area (Å²) in [6.07, 6.45) is 3.83. The van der Waals surface area contributed by atoms with E-state index in [0.717, 1.165) is 29.1 Å². The first kappa shape index (κ1) is 11.2. The van der Waals surface area contributed by atoms with Crippen LogP contribution in [-0.4, -0.2) is 9.55 Å². The Labute approximate surface area is 104 Å². The summed E-state index contributed by atoms with van der Waals surface area (Å²) < 4.78 is 3.22. The molecule has 1 aromatic heterocycles. The fraction of sp³-hybridized carbons (Fsp3) is 0.250. The molecule has 0 aliphatic carbocycles. The third-order valence-corrected chi connectivity index (χ3v) is 2.97. The molecular weight excluding hydrogens is 266 g/mol. The minimum Gasteiger partial charge on any atom is -0.378 e. The smallest absolute Gasteiger partial charge is 0.128 e. The Hall–Kier alpha value is -1.29. The van der Waals surface area contributed by atoms with Crippen molar-refractivity contribution in [3.05, 3.63) is 47.0 Å². The van der Waals surface area contributed by atoms with E-state index in [1.807, 2.05) is 36.7 Å². The Morgan fingerprint density at radius 1 is 1.31 bits per heavy atom. The second kappa shape index (κ2) is 5.16. The maximum atomic E-state index is 4.31. The van der Waals surface area contributed by atoms with E-state index in [9.17, 15) is 0 Å². The van der Waals surface area contributed by atoms with Crippen LogP contribution in [0.1, 0.15) is 12.7 Å². The summed E-state index contributed by atoms with van der Waals surface area (Å²) in [6, 6.07) is 8.13. The lowest BCUT2D eigenvalue weighted by atomic mass is 10.3. The Morgan fingerprint density at radius 3 is 2.75 bits per heavy atom. The van der Waals surface area contributed by atoms with Crippen LogP contribution < -0.4 is 5.32 Å². The monoisotopic (exact) mass is 279 g/mol. The van der Waals surface area contributed by atoms with Crippen molar-refractivity contribution in [2.45, 2.75) is 20.0 Å². The zero-order valence-corrected chi connectivity index (χ0v) is 10.7. The number of nitrogens with one attached hydrogen (secondary N) is 1. The molecule has 2 aromatic rings. The van der Waals surface area contributed by atoms with Gasteiger partial charge in [-0.1, -0.05) is 15.9 Å². The molecular formula is C12H14BrN3. The van der Waals surface area contributed by atoms with Crippen molar-refractivity contribution in [2.24, 2.45) is 0 Å². The third-order valence-electron chi connectivity index (χ3n) is 2.44. The van der Waals surface area contributed by atoms with E-state index in [1.54, 1.807) is 0 Å². The highest BCUT2D eigenvalue weighted by Crippen LogP contribution is 2.14. The fourth-order valence-corrected chi connectivity index (χ4v) is 1.81. The number of anilines is 1. The first-order chi connectivity index (χ1) is 7.79. The summed E-state index contributed by atoms with van der Waals surface area (Å²) in [6.45, 7) is 3.82. The SMILES string of the molecule is CCn1ccnc1CNc1ccc(Br)cc1. The molecule has 1 heterocycles. The Morgan fingerprint density at radius 2 is 2.06 bits per heavy atom. The van der Waals surface area contributed by atoms with Gasteiger partial charge in [0.05, 0.1) is 6.54 Å². The first-order valence-electron chi connectivity index (χ1n) is 5.29. The molecule has 84 valence electrons. The van der Waals surface area contributed by atoms with Gasteiger partial charge in [0.25, 0.3) is 0 Å². The van der Waals surface area contributed by atoms with Crippen LogP contribution in [0, 0.1) is 0 Å². The number of hydrogen-bond acceptors (Lipinski definition) is 2. The fourth-order valence-electron chi connectivity index (χ4n) is 1.54. The molecule has 0 fully saturated rings. The van der Waals surface area contributed by atoms with Gasteiger partial charge in [0.15, 0.2) is 0 Å². The van der Waals surface area contributed by atoms with Gasteiger partial charge in [-0.25, -0.2) is 4.98 Å².